The second-order valence-corrected chi connectivity index (χ2v) is 13.4. The van der Waals surface area contributed by atoms with Crippen LogP contribution < -0.4 is 0 Å². The summed E-state index contributed by atoms with van der Waals surface area (Å²) >= 11 is 6.59. The lowest BCUT2D eigenvalue weighted by Crippen LogP contribution is -2.37. The summed E-state index contributed by atoms with van der Waals surface area (Å²) in [4.78, 5) is 14.6. The van der Waals surface area contributed by atoms with Crippen LogP contribution in [0.25, 0.3) is 0 Å². The highest BCUT2D eigenvalue weighted by Gasteiger charge is 2.32. The van der Waals surface area contributed by atoms with E-state index in [1.165, 1.54) is 12.8 Å². The molecule has 0 aromatic heterocycles. The number of hydrogen-bond acceptors (Lipinski definition) is 3. The number of carbonyl (C=O) groups excluding carboxylic acids is 1. The highest BCUT2D eigenvalue weighted by Crippen LogP contribution is 2.40. The van der Waals surface area contributed by atoms with Gasteiger partial charge in [-0.2, -0.15) is 0 Å². The van der Waals surface area contributed by atoms with Gasteiger partial charge in [-0.05, 0) is 81.3 Å². The third kappa shape index (κ3) is 7.95. The summed E-state index contributed by atoms with van der Waals surface area (Å²) in [5, 5.41) is 0.717. The number of rotatable bonds is 7. The quantitative estimate of drug-likeness (QED) is 0.450. The summed E-state index contributed by atoms with van der Waals surface area (Å²) in [6.07, 6.45) is 2.05. The highest BCUT2D eigenvalue weighted by atomic mass is 35.5. The third-order valence-electron chi connectivity index (χ3n) is 4.74. The highest BCUT2D eigenvalue weighted by molar-refractivity contribution is 6.48. The maximum absolute atomic E-state index is 12.8. The summed E-state index contributed by atoms with van der Waals surface area (Å²) in [5.41, 5.74) is 1.49. The topological polar surface area (TPSA) is 38.8 Å². The summed E-state index contributed by atoms with van der Waals surface area (Å²) in [7, 11) is -1.26. The predicted octanol–water partition coefficient (Wildman–Crippen LogP) is 6.57. The molecule has 2 rings (SSSR count). The molecule has 1 atom stereocenters. The molecule has 1 fully saturated rings. The molecule has 0 heterocycles. The molecule has 1 aliphatic carbocycles. The molecule has 0 aliphatic heterocycles. The molecule has 0 radical (unpaired) electrons. The zero-order valence-corrected chi connectivity index (χ0v) is 21.3. The Morgan fingerprint density at radius 3 is 2.31 bits per heavy atom. The van der Waals surface area contributed by atoms with Crippen LogP contribution in [-0.2, 0) is 15.7 Å². The van der Waals surface area contributed by atoms with Gasteiger partial charge < -0.3 is 14.1 Å². The SMILES string of the molecule is C[SiH](C)OC(c1cc(CN(CC2CC2)C(=O)OC(C)(C)C)ccc1Cl)C(C)(C)C. The molecule has 1 amide bonds. The van der Waals surface area contributed by atoms with E-state index in [-0.39, 0.29) is 17.6 Å². The Balaban J connectivity index is 2.28. The van der Waals surface area contributed by atoms with Crippen LogP contribution in [0.2, 0.25) is 18.1 Å². The standard InChI is InChI=1S/C23H38ClNO3Si/c1-22(2,3)20(28-29(7)8)18-13-17(11-12-19(18)24)15-25(14-16-9-10-16)21(26)27-23(4,5)6/h11-13,16,20,29H,9-10,14-15H2,1-8H3. The number of ether oxygens (including phenoxy) is 1. The monoisotopic (exact) mass is 439 g/mol. The Hall–Kier alpha value is -1.04. The van der Waals surface area contributed by atoms with E-state index in [9.17, 15) is 4.79 Å². The molecule has 1 aromatic carbocycles. The largest absolute Gasteiger partial charge is 0.444 e. The van der Waals surface area contributed by atoms with Crippen LogP contribution in [0, 0.1) is 11.3 Å². The van der Waals surface area contributed by atoms with Crippen molar-refractivity contribution in [1.29, 1.82) is 0 Å². The van der Waals surface area contributed by atoms with E-state index in [1.807, 2.05) is 37.8 Å². The average Bonchev–Trinajstić information content (AvgIpc) is 3.35. The van der Waals surface area contributed by atoms with Gasteiger partial charge in [0.15, 0.2) is 9.04 Å². The van der Waals surface area contributed by atoms with Crippen molar-refractivity contribution in [3.05, 3.63) is 34.3 Å². The molecule has 1 aromatic rings. The van der Waals surface area contributed by atoms with Gasteiger partial charge in [0.2, 0.25) is 0 Å². The Labute approximate surface area is 183 Å². The zero-order chi connectivity index (χ0) is 22.0. The zero-order valence-electron chi connectivity index (χ0n) is 19.3. The first-order valence-electron chi connectivity index (χ1n) is 10.7. The lowest BCUT2D eigenvalue weighted by atomic mass is 9.84. The molecular weight excluding hydrogens is 402 g/mol. The van der Waals surface area contributed by atoms with E-state index >= 15 is 0 Å². The molecule has 1 aliphatic rings. The van der Waals surface area contributed by atoms with E-state index in [4.69, 9.17) is 20.8 Å². The second kappa shape index (κ2) is 9.40. The van der Waals surface area contributed by atoms with E-state index in [0.29, 0.717) is 17.5 Å². The second-order valence-electron chi connectivity index (χ2n) is 10.6. The molecule has 1 saturated carbocycles. The minimum absolute atomic E-state index is 0.0694. The summed E-state index contributed by atoms with van der Waals surface area (Å²) < 4.78 is 12.0. The van der Waals surface area contributed by atoms with Crippen LogP contribution in [-0.4, -0.2) is 32.2 Å². The van der Waals surface area contributed by atoms with Crippen molar-refractivity contribution in [3.63, 3.8) is 0 Å². The molecule has 0 saturated heterocycles. The van der Waals surface area contributed by atoms with Crippen LogP contribution in [0.4, 0.5) is 4.79 Å². The van der Waals surface area contributed by atoms with Crippen molar-refractivity contribution in [2.45, 2.75) is 85.7 Å². The van der Waals surface area contributed by atoms with E-state index < -0.39 is 14.6 Å². The average molecular weight is 440 g/mol. The van der Waals surface area contributed by atoms with Crippen molar-refractivity contribution in [3.8, 4) is 0 Å². The maximum Gasteiger partial charge on any atom is 0.410 e. The van der Waals surface area contributed by atoms with Crippen molar-refractivity contribution < 1.29 is 14.0 Å². The molecule has 29 heavy (non-hydrogen) atoms. The molecule has 1 unspecified atom stereocenters. The van der Waals surface area contributed by atoms with Gasteiger partial charge in [-0.15, -0.1) is 0 Å². The first-order chi connectivity index (χ1) is 13.3. The number of amides is 1. The number of benzene rings is 1. The fourth-order valence-electron chi connectivity index (χ4n) is 3.27. The van der Waals surface area contributed by atoms with Crippen LogP contribution in [0.3, 0.4) is 0 Å². The van der Waals surface area contributed by atoms with Gasteiger partial charge in [0, 0.05) is 18.1 Å². The molecule has 164 valence electrons. The maximum atomic E-state index is 12.8. The molecule has 4 nitrogen and oxygen atoms in total. The van der Waals surface area contributed by atoms with Crippen molar-refractivity contribution in [2.75, 3.05) is 6.54 Å². The first-order valence-corrected chi connectivity index (χ1v) is 13.8. The van der Waals surface area contributed by atoms with E-state index in [1.54, 1.807) is 0 Å². The molecule has 0 N–H and O–H groups in total. The fourth-order valence-corrected chi connectivity index (χ4v) is 4.59. The normalized spacial score (nSPS) is 16.1. The lowest BCUT2D eigenvalue weighted by Gasteiger charge is -2.34. The lowest BCUT2D eigenvalue weighted by molar-refractivity contribution is 0.0224. The summed E-state index contributed by atoms with van der Waals surface area (Å²) in [5.74, 6) is 0.590. The van der Waals surface area contributed by atoms with Crippen LogP contribution >= 0.6 is 11.6 Å². The Morgan fingerprint density at radius 1 is 1.21 bits per heavy atom. The van der Waals surface area contributed by atoms with Gasteiger partial charge in [-0.3, -0.25) is 0 Å². The third-order valence-corrected chi connectivity index (χ3v) is 5.90. The summed E-state index contributed by atoms with van der Waals surface area (Å²) in [6, 6.07) is 6.04. The molecule has 0 bridgehead atoms. The van der Waals surface area contributed by atoms with Crippen molar-refractivity contribution >= 4 is 26.7 Å². The van der Waals surface area contributed by atoms with E-state index in [0.717, 1.165) is 17.7 Å². The first kappa shape index (κ1) is 24.2. The van der Waals surface area contributed by atoms with Crippen molar-refractivity contribution in [1.82, 2.24) is 4.90 Å². The summed E-state index contributed by atoms with van der Waals surface area (Å²) in [6.45, 7) is 17.9. The van der Waals surface area contributed by atoms with Gasteiger partial charge >= 0.3 is 6.09 Å². The minimum Gasteiger partial charge on any atom is -0.444 e. The van der Waals surface area contributed by atoms with Gasteiger partial charge in [0.25, 0.3) is 0 Å². The van der Waals surface area contributed by atoms with Gasteiger partial charge in [0.05, 0.1) is 6.10 Å². The van der Waals surface area contributed by atoms with Crippen molar-refractivity contribution in [2.24, 2.45) is 11.3 Å². The molecule has 6 heteroatoms. The van der Waals surface area contributed by atoms with Crippen LogP contribution in [0.5, 0.6) is 0 Å². The van der Waals surface area contributed by atoms with Crippen LogP contribution in [0.15, 0.2) is 18.2 Å². The Morgan fingerprint density at radius 2 is 1.83 bits per heavy atom. The minimum atomic E-state index is -1.26. The Bertz CT molecular complexity index is 705. The number of halogens is 1. The number of hydrogen-bond donors (Lipinski definition) is 0. The molecule has 0 spiro atoms. The number of carbonyl (C=O) groups is 1. The Kier molecular flexibility index (Phi) is 7.85. The number of nitrogens with zero attached hydrogens (tertiary/aromatic N) is 1. The van der Waals surface area contributed by atoms with E-state index in [2.05, 4.69) is 39.9 Å². The molecular formula is C23H38ClNO3Si. The predicted molar refractivity (Wildman–Crippen MR) is 123 cm³/mol. The fraction of sp³-hybridized carbons (Fsp3) is 0.696. The smallest absolute Gasteiger partial charge is 0.410 e. The van der Waals surface area contributed by atoms with Gasteiger partial charge in [-0.25, -0.2) is 4.79 Å². The van der Waals surface area contributed by atoms with Crippen LogP contribution in [0.1, 0.15) is 71.6 Å². The van der Waals surface area contributed by atoms with Gasteiger partial charge in [-0.1, -0.05) is 38.4 Å². The van der Waals surface area contributed by atoms with Gasteiger partial charge in [0.1, 0.15) is 5.60 Å².